The minimum Gasteiger partial charge on any atom is -0.329 e. The van der Waals surface area contributed by atoms with E-state index in [1.54, 1.807) is 0 Å². The normalized spacial score (nSPS) is 14.6. The van der Waals surface area contributed by atoms with Crippen LogP contribution in [-0.2, 0) is 6.42 Å². The highest BCUT2D eigenvalue weighted by Gasteiger charge is 2.19. The van der Waals surface area contributed by atoms with Crippen LogP contribution in [0.1, 0.15) is 37.4 Å². The second kappa shape index (κ2) is 8.62. The van der Waals surface area contributed by atoms with E-state index in [-0.39, 0.29) is 0 Å². The van der Waals surface area contributed by atoms with Crippen LogP contribution in [0.2, 0.25) is 0 Å². The quantitative estimate of drug-likeness (QED) is 0.792. The molecule has 2 unspecified atom stereocenters. The molecule has 0 aliphatic carbocycles. The molecule has 0 saturated carbocycles. The fraction of sp³-hybridized carbons (Fsp3) is 0.625. The summed E-state index contributed by atoms with van der Waals surface area (Å²) in [6.07, 6.45) is 4.46. The Morgan fingerprint density at radius 2 is 1.89 bits per heavy atom. The van der Waals surface area contributed by atoms with E-state index in [2.05, 4.69) is 56.3 Å². The predicted molar refractivity (Wildman–Crippen MR) is 87.8 cm³/mol. The number of nitrogens with zero attached hydrogens (tertiary/aromatic N) is 1. The van der Waals surface area contributed by atoms with E-state index in [1.165, 1.54) is 23.3 Å². The van der Waals surface area contributed by atoms with Gasteiger partial charge in [0.05, 0.1) is 0 Å². The molecule has 0 spiro atoms. The van der Waals surface area contributed by atoms with Crippen LogP contribution < -0.4 is 5.73 Å². The summed E-state index contributed by atoms with van der Waals surface area (Å²) in [6, 6.07) is 9.79. The summed E-state index contributed by atoms with van der Waals surface area (Å²) in [5.74, 6) is 1.21. The van der Waals surface area contributed by atoms with Crippen molar-refractivity contribution in [2.45, 2.75) is 38.8 Å². The fourth-order valence-electron chi connectivity index (χ4n) is 2.31. The van der Waals surface area contributed by atoms with Gasteiger partial charge in [-0.05, 0) is 49.9 Å². The van der Waals surface area contributed by atoms with E-state index in [9.17, 15) is 0 Å². The van der Waals surface area contributed by atoms with Crippen molar-refractivity contribution in [2.75, 3.05) is 25.6 Å². The van der Waals surface area contributed by atoms with E-state index in [4.69, 9.17) is 5.73 Å². The molecule has 0 saturated heterocycles. The molecule has 2 atom stereocenters. The van der Waals surface area contributed by atoms with E-state index < -0.39 is 0 Å². The van der Waals surface area contributed by atoms with Crippen LogP contribution in [0.3, 0.4) is 0 Å². The number of likely N-dealkylation sites (N-methyl/N-ethyl adjacent to an activating group) is 1. The van der Waals surface area contributed by atoms with Crippen LogP contribution in [0.25, 0.3) is 0 Å². The second-order valence-corrected chi connectivity index (χ2v) is 6.13. The first-order chi connectivity index (χ1) is 9.13. The number of nitrogens with two attached hydrogens (primary N) is 1. The van der Waals surface area contributed by atoms with Crippen molar-refractivity contribution in [3.63, 3.8) is 0 Å². The van der Waals surface area contributed by atoms with E-state index in [0.29, 0.717) is 18.6 Å². The van der Waals surface area contributed by atoms with Crippen LogP contribution in [0.15, 0.2) is 24.3 Å². The van der Waals surface area contributed by atoms with Crippen molar-refractivity contribution < 1.29 is 0 Å². The van der Waals surface area contributed by atoms with Crippen molar-refractivity contribution in [3.8, 4) is 0 Å². The molecule has 2 nitrogen and oxygen atoms in total. The Hall–Kier alpha value is -0.510. The lowest BCUT2D eigenvalue weighted by molar-refractivity contribution is 0.185. The monoisotopic (exact) mass is 280 g/mol. The molecule has 1 rings (SSSR count). The molecule has 0 radical (unpaired) electrons. The molecule has 0 heterocycles. The molecule has 3 heteroatoms. The number of hydrogen-bond acceptors (Lipinski definition) is 3. The second-order valence-electron chi connectivity index (χ2n) is 5.14. The topological polar surface area (TPSA) is 29.3 Å². The van der Waals surface area contributed by atoms with Crippen LogP contribution in [0, 0.1) is 0 Å². The van der Waals surface area contributed by atoms with Gasteiger partial charge in [-0.2, -0.15) is 11.8 Å². The molecule has 2 N–H and O–H groups in total. The van der Waals surface area contributed by atoms with E-state index in [0.717, 1.165) is 6.42 Å². The Morgan fingerprint density at radius 1 is 1.26 bits per heavy atom. The van der Waals surface area contributed by atoms with Crippen molar-refractivity contribution in [3.05, 3.63) is 35.4 Å². The summed E-state index contributed by atoms with van der Waals surface area (Å²) in [6.45, 7) is 5.15. The summed E-state index contributed by atoms with van der Waals surface area (Å²) in [5, 5.41) is 0. The predicted octanol–water partition coefficient (Wildman–Crippen LogP) is 3.32. The molecule has 0 bridgehead atoms. The smallest absolute Gasteiger partial charge is 0.0470 e. The van der Waals surface area contributed by atoms with Gasteiger partial charge in [0.15, 0.2) is 0 Å². The van der Waals surface area contributed by atoms with Crippen molar-refractivity contribution in [2.24, 2.45) is 5.73 Å². The zero-order valence-corrected chi connectivity index (χ0v) is 13.5. The number of rotatable bonds is 8. The zero-order valence-electron chi connectivity index (χ0n) is 12.7. The SMILES string of the molecule is CCc1ccc(C(CN)N(C)C(C)CCSC)cc1. The Balaban J connectivity index is 2.74. The highest BCUT2D eigenvalue weighted by Crippen LogP contribution is 2.22. The molecule has 0 fully saturated rings. The Morgan fingerprint density at radius 3 is 2.37 bits per heavy atom. The minimum absolute atomic E-state index is 0.322. The van der Waals surface area contributed by atoms with Gasteiger partial charge < -0.3 is 5.73 Å². The molecule has 0 aromatic heterocycles. The van der Waals surface area contributed by atoms with E-state index in [1.807, 2.05) is 11.8 Å². The van der Waals surface area contributed by atoms with Gasteiger partial charge in [0.25, 0.3) is 0 Å². The fourth-order valence-corrected chi connectivity index (χ4v) is 2.89. The summed E-state index contributed by atoms with van der Waals surface area (Å²) < 4.78 is 0. The molecule has 108 valence electrons. The molecule has 19 heavy (non-hydrogen) atoms. The van der Waals surface area contributed by atoms with Crippen LogP contribution in [-0.4, -0.2) is 36.5 Å². The summed E-state index contributed by atoms with van der Waals surface area (Å²) in [4.78, 5) is 2.41. The van der Waals surface area contributed by atoms with Gasteiger partial charge in [0.2, 0.25) is 0 Å². The first kappa shape index (κ1) is 16.5. The lowest BCUT2D eigenvalue weighted by Crippen LogP contribution is -2.37. The average Bonchev–Trinajstić information content (AvgIpc) is 2.46. The van der Waals surface area contributed by atoms with Gasteiger partial charge in [-0.15, -0.1) is 0 Å². The largest absolute Gasteiger partial charge is 0.329 e. The zero-order chi connectivity index (χ0) is 14.3. The number of benzene rings is 1. The lowest BCUT2D eigenvalue weighted by Gasteiger charge is -2.33. The van der Waals surface area contributed by atoms with E-state index >= 15 is 0 Å². The maximum atomic E-state index is 6.00. The minimum atomic E-state index is 0.322. The van der Waals surface area contributed by atoms with Crippen LogP contribution >= 0.6 is 11.8 Å². The summed E-state index contributed by atoms with van der Waals surface area (Å²) >= 11 is 1.91. The lowest BCUT2D eigenvalue weighted by atomic mass is 10.0. The molecular formula is C16H28N2S. The maximum Gasteiger partial charge on any atom is 0.0470 e. The molecule has 1 aromatic carbocycles. The first-order valence-electron chi connectivity index (χ1n) is 7.13. The standard InChI is InChI=1S/C16H28N2S/c1-5-14-6-8-15(9-7-14)16(12-17)18(3)13(2)10-11-19-4/h6-9,13,16H,5,10-12,17H2,1-4H3. The van der Waals surface area contributed by atoms with Gasteiger partial charge in [-0.3, -0.25) is 4.90 Å². The number of aryl methyl sites for hydroxylation is 1. The Labute approximate surface area is 122 Å². The molecular weight excluding hydrogens is 252 g/mol. The third-order valence-corrected chi connectivity index (χ3v) is 4.57. The van der Waals surface area contributed by atoms with Gasteiger partial charge in [-0.1, -0.05) is 31.2 Å². The molecule has 0 aliphatic heterocycles. The number of hydrogen-bond donors (Lipinski definition) is 1. The van der Waals surface area contributed by atoms with Crippen LogP contribution in [0.5, 0.6) is 0 Å². The highest BCUT2D eigenvalue weighted by atomic mass is 32.2. The van der Waals surface area contributed by atoms with Crippen molar-refractivity contribution in [1.29, 1.82) is 0 Å². The van der Waals surface area contributed by atoms with Gasteiger partial charge in [0.1, 0.15) is 0 Å². The van der Waals surface area contributed by atoms with Gasteiger partial charge in [-0.25, -0.2) is 0 Å². The number of thioether (sulfide) groups is 1. The molecule has 0 aliphatic rings. The van der Waals surface area contributed by atoms with Crippen LogP contribution in [0.4, 0.5) is 0 Å². The maximum absolute atomic E-state index is 6.00. The average molecular weight is 280 g/mol. The summed E-state index contributed by atoms with van der Waals surface area (Å²) in [5.41, 5.74) is 8.71. The van der Waals surface area contributed by atoms with Crippen molar-refractivity contribution >= 4 is 11.8 Å². The highest BCUT2D eigenvalue weighted by molar-refractivity contribution is 7.98. The van der Waals surface area contributed by atoms with Crippen molar-refractivity contribution in [1.82, 2.24) is 4.90 Å². The van der Waals surface area contributed by atoms with Gasteiger partial charge in [0, 0.05) is 18.6 Å². The third kappa shape index (κ3) is 4.83. The third-order valence-electron chi connectivity index (χ3n) is 3.92. The summed E-state index contributed by atoms with van der Waals surface area (Å²) in [7, 11) is 2.19. The Kier molecular flexibility index (Phi) is 7.51. The molecule has 0 amide bonds. The molecule has 1 aromatic rings. The van der Waals surface area contributed by atoms with Gasteiger partial charge >= 0.3 is 0 Å². The first-order valence-corrected chi connectivity index (χ1v) is 8.53. The Bertz CT molecular complexity index is 350.